The summed E-state index contributed by atoms with van der Waals surface area (Å²) in [7, 11) is 0. The van der Waals surface area contributed by atoms with Crippen molar-refractivity contribution in [3.05, 3.63) is 59.2 Å². The second-order valence-electron chi connectivity index (χ2n) is 5.81. The summed E-state index contributed by atoms with van der Waals surface area (Å²) in [5.74, 6) is 0.202. The maximum atomic E-state index is 13.4. The molecule has 1 amide bonds. The van der Waals surface area contributed by atoms with Crippen LogP contribution in [-0.4, -0.2) is 27.4 Å². The number of hydrogen-bond donors (Lipinski definition) is 2. The molecule has 3 heterocycles. The fourth-order valence-electron chi connectivity index (χ4n) is 2.86. The lowest BCUT2D eigenvalue weighted by molar-refractivity contribution is 0.0946. The van der Waals surface area contributed by atoms with Crippen molar-refractivity contribution in [3.8, 4) is 22.8 Å². The SMILES string of the molecule is Cc1cc(-c2nccc(-c3cc4c([nH]3)CCNC4=O)n2)ccc1F. The first-order chi connectivity index (χ1) is 11.6. The molecule has 2 N–H and O–H groups in total. The second kappa shape index (κ2) is 5.56. The zero-order valence-corrected chi connectivity index (χ0v) is 13.1. The number of fused-ring (bicyclic) bond motifs is 1. The molecule has 0 saturated heterocycles. The van der Waals surface area contributed by atoms with Crippen LogP contribution in [0.2, 0.25) is 0 Å². The molecule has 3 aromatic rings. The van der Waals surface area contributed by atoms with Gasteiger partial charge < -0.3 is 10.3 Å². The molecule has 0 atom stereocenters. The van der Waals surface area contributed by atoms with Crippen LogP contribution < -0.4 is 5.32 Å². The minimum atomic E-state index is -0.252. The number of aryl methyl sites for hydroxylation is 1. The smallest absolute Gasteiger partial charge is 0.253 e. The fraction of sp³-hybridized carbons (Fsp3) is 0.167. The number of amides is 1. The summed E-state index contributed by atoms with van der Waals surface area (Å²) in [4.78, 5) is 24.0. The van der Waals surface area contributed by atoms with Gasteiger partial charge in [0.1, 0.15) is 5.82 Å². The summed E-state index contributed by atoms with van der Waals surface area (Å²) in [6, 6.07) is 8.40. The number of H-pyrrole nitrogens is 1. The van der Waals surface area contributed by atoms with Gasteiger partial charge in [0.25, 0.3) is 5.91 Å². The van der Waals surface area contributed by atoms with Gasteiger partial charge in [0.2, 0.25) is 0 Å². The number of halogens is 1. The van der Waals surface area contributed by atoms with Gasteiger partial charge in [-0.25, -0.2) is 14.4 Å². The van der Waals surface area contributed by atoms with E-state index in [0.29, 0.717) is 29.2 Å². The predicted octanol–water partition coefficient (Wildman–Crippen LogP) is 2.87. The number of benzene rings is 1. The zero-order valence-electron chi connectivity index (χ0n) is 13.1. The Morgan fingerprint density at radius 3 is 2.88 bits per heavy atom. The van der Waals surface area contributed by atoms with E-state index in [-0.39, 0.29) is 11.7 Å². The average molecular weight is 322 g/mol. The topological polar surface area (TPSA) is 70.7 Å². The molecule has 2 aromatic heterocycles. The standard InChI is InChI=1S/C18H15FN4O/c1-10-8-11(2-3-13(10)19)17-20-6-5-15(23-17)16-9-12-14(22-16)4-7-21-18(12)24/h2-3,5-6,8-9,22H,4,7H2,1H3,(H,21,24). The molecule has 0 fully saturated rings. The Hall–Kier alpha value is -3.02. The van der Waals surface area contributed by atoms with Crippen molar-refractivity contribution < 1.29 is 9.18 Å². The molecular formula is C18H15FN4O. The molecule has 0 saturated carbocycles. The van der Waals surface area contributed by atoms with Crippen LogP contribution in [-0.2, 0) is 6.42 Å². The lowest BCUT2D eigenvalue weighted by atomic mass is 10.1. The highest BCUT2D eigenvalue weighted by Crippen LogP contribution is 2.25. The Labute approximate surface area is 138 Å². The number of carbonyl (C=O) groups is 1. The van der Waals surface area contributed by atoms with Gasteiger partial charge in [0, 0.05) is 30.4 Å². The molecule has 1 aliphatic rings. The molecule has 1 aliphatic heterocycles. The minimum absolute atomic E-state index is 0.0674. The number of carbonyl (C=O) groups excluding carboxylic acids is 1. The summed E-state index contributed by atoms with van der Waals surface area (Å²) in [5.41, 5.74) is 4.36. The Morgan fingerprint density at radius 2 is 2.08 bits per heavy atom. The average Bonchev–Trinajstić information content (AvgIpc) is 3.03. The van der Waals surface area contributed by atoms with Gasteiger partial charge >= 0.3 is 0 Å². The third-order valence-corrected chi connectivity index (χ3v) is 4.15. The van der Waals surface area contributed by atoms with Gasteiger partial charge in [-0.05, 0) is 42.8 Å². The summed E-state index contributed by atoms with van der Waals surface area (Å²) in [5, 5.41) is 2.82. The maximum absolute atomic E-state index is 13.4. The van der Waals surface area contributed by atoms with E-state index >= 15 is 0 Å². The van der Waals surface area contributed by atoms with E-state index in [9.17, 15) is 9.18 Å². The van der Waals surface area contributed by atoms with Gasteiger partial charge in [-0.15, -0.1) is 0 Å². The quantitative estimate of drug-likeness (QED) is 0.762. The third-order valence-electron chi connectivity index (χ3n) is 4.15. The number of aromatic nitrogens is 3. The van der Waals surface area contributed by atoms with Gasteiger partial charge in [-0.3, -0.25) is 4.79 Å². The number of nitrogens with one attached hydrogen (secondary N) is 2. The number of aromatic amines is 1. The van der Waals surface area contributed by atoms with Crippen LogP contribution in [0.25, 0.3) is 22.8 Å². The summed E-state index contributed by atoms with van der Waals surface area (Å²) < 4.78 is 13.4. The van der Waals surface area contributed by atoms with Gasteiger partial charge in [0.15, 0.2) is 5.82 Å². The van der Waals surface area contributed by atoms with Crippen molar-refractivity contribution in [1.29, 1.82) is 0 Å². The van der Waals surface area contributed by atoms with Crippen LogP contribution in [0.15, 0.2) is 36.5 Å². The highest BCUT2D eigenvalue weighted by atomic mass is 19.1. The maximum Gasteiger partial charge on any atom is 0.253 e. The van der Waals surface area contributed by atoms with E-state index < -0.39 is 0 Å². The second-order valence-corrected chi connectivity index (χ2v) is 5.81. The van der Waals surface area contributed by atoms with Crippen molar-refractivity contribution in [2.24, 2.45) is 0 Å². The molecule has 0 aliphatic carbocycles. The third kappa shape index (κ3) is 2.46. The number of rotatable bonds is 2. The molecule has 4 rings (SSSR count). The predicted molar refractivity (Wildman–Crippen MR) is 88.0 cm³/mol. The normalized spacial score (nSPS) is 13.5. The molecule has 0 unspecified atom stereocenters. The molecule has 0 spiro atoms. The number of nitrogens with zero attached hydrogens (tertiary/aromatic N) is 2. The van der Waals surface area contributed by atoms with Crippen LogP contribution in [0.4, 0.5) is 4.39 Å². The van der Waals surface area contributed by atoms with Crippen LogP contribution >= 0.6 is 0 Å². The van der Waals surface area contributed by atoms with Gasteiger partial charge in [-0.1, -0.05) is 0 Å². The molecule has 0 bridgehead atoms. The lowest BCUT2D eigenvalue weighted by Gasteiger charge is -2.10. The van der Waals surface area contributed by atoms with Crippen LogP contribution in [0.1, 0.15) is 21.6 Å². The highest BCUT2D eigenvalue weighted by Gasteiger charge is 2.20. The molecule has 120 valence electrons. The summed E-state index contributed by atoms with van der Waals surface area (Å²) in [6.07, 6.45) is 2.44. The first-order valence-electron chi connectivity index (χ1n) is 7.72. The molecule has 0 radical (unpaired) electrons. The van der Waals surface area contributed by atoms with Gasteiger partial charge in [0.05, 0.1) is 17.0 Å². The van der Waals surface area contributed by atoms with Gasteiger partial charge in [-0.2, -0.15) is 0 Å². The monoisotopic (exact) mass is 322 g/mol. The Balaban J connectivity index is 1.75. The van der Waals surface area contributed by atoms with E-state index in [4.69, 9.17) is 0 Å². The first-order valence-corrected chi connectivity index (χ1v) is 7.72. The van der Waals surface area contributed by atoms with Crippen LogP contribution in [0, 0.1) is 12.7 Å². The van der Waals surface area contributed by atoms with Crippen molar-refractivity contribution in [2.75, 3.05) is 6.54 Å². The molecule has 24 heavy (non-hydrogen) atoms. The molecular weight excluding hydrogens is 307 g/mol. The van der Waals surface area contributed by atoms with E-state index in [0.717, 1.165) is 23.4 Å². The largest absolute Gasteiger partial charge is 0.356 e. The van der Waals surface area contributed by atoms with E-state index in [2.05, 4.69) is 20.3 Å². The zero-order chi connectivity index (χ0) is 16.7. The fourth-order valence-corrected chi connectivity index (χ4v) is 2.86. The molecule has 5 nitrogen and oxygen atoms in total. The van der Waals surface area contributed by atoms with E-state index in [1.54, 1.807) is 31.3 Å². The molecule has 1 aromatic carbocycles. The minimum Gasteiger partial charge on any atom is -0.356 e. The highest BCUT2D eigenvalue weighted by molar-refractivity contribution is 5.97. The number of hydrogen-bond acceptors (Lipinski definition) is 3. The Morgan fingerprint density at radius 1 is 1.21 bits per heavy atom. The summed E-state index contributed by atoms with van der Waals surface area (Å²) in [6.45, 7) is 2.34. The van der Waals surface area contributed by atoms with Crippen molar-refractivity contribution in [3.63, 3.8) is 0 Å². The lowest BCUT2D eigenvalue weighted by Crippen LogP contribution is -2.31. The molecule has 6 heteroatoms. The van der Waals surface area contributed by atoms with Crippen molar-refractivity contribution in [2.45, 2.75) is 13.3 Å². The Kier molecular flexibility index (Phi) is 3.37. The first kappa shape index (κ1) is 14.6. The van der Waals surface area contributed by atoms with Crippen molar-refractivity contribution in [1.82, 2.24) is 20.3 Å². The van der Waals surface area contributed by atoms with Crippen LogP contribution in [0.5, 0.6) is 0 Å². The Bertz CT molecular complexity index is 948. The van der Waals surface area contributed by atoms with Crippen molar-refractivity contribution >= 4 is 5.91 Å². The summed E-state index contributed by atoms with van der Waals surface area (Å²) >= 11 is 0. The van der Waals surface area contributed by atoms with E-state index in [1.807, 2.05) is 6.07 Å². The van der Waals surface area contributed by atoms with Crippen LogP contribution in [0.3, 0.4) is 0 Å². The van der Waals surface area contributed by atoms with E-state index in [1.165, 1.54) is 6.07 Å².